The highest BCUT2D eigenvalue weighted by atomic mass is 16.5. The van der Waals surface area contributed by atoms with E-state index in [1.165, 1.54) is 5.56 Å². The molecule has 0 amide bonds. The van der Waals surface area contributed by atoms with E-state index in [2.05, 4.69) is 24.3 Å². The number of aryl methyl sites for hydroxylation is 2. The zero-order valence-electron chi connectivity index (χ0n) is 13.6. The maximum atomic E-state index is 6.32. The van der Waals surface area contributed by atoms with Gasteiger partial charge < -0.3 is 15.2 Å². The lowest BCUT2D eigenvalue weighted by atomic mass is 9.98. The summed E-state index contributed by atoms with van der Waals surface area (Å²) in [6, 6.07) is 14.4. The van der Waals surface area contributed by atoms with E-state index in [1.54, 1.807) is 7.11 Å². The largest absolute Gasteiger partial charge is 0.496 e. The Kier molecular flexibility index (Phi) is 5.84. The van der Waals surface area contributed by atoms with Crippen LogP contribution in [0.4, 0.5) is 0 Å². The lowest BCUT2D eigenvalue weighted by molar-refractivity contribution is 0.340. The van der Waals surface area contributed by atoms with Crippen molar-refractivity contribution in [3.63, 3.8) is 0 Å². The molecule has 1 unspecified atom stereocenters. The number of hydrogen-bond donors (Lipinski definition) is 1. The van der Waals surface area contributed by atoms with Crippen LogP contribution in [-0.4, -0.2) is 13.7 Å². The number of ether oxygens (including phenoxy) is 2. The van der Waals surface area contributed by atoms with Gasteiger partial charge in [-0.2, -0.15) is 0 Å². The van der Waals surface area contributed by atoms with Crippen molar-refractivity contribution in [2.24, 2.45) is 5.73 Å². The molecule has 2 aromatic carbocycles. The molecule has 0 aliphatic heterocycles. The molecule has 2 N–H and O–H groups in total. The summed E-state index contributed by atoms with van der Waals surface area (Å²) < 4.78 is 10.7. The van der Waals surface area contributed by atoms with Gasteiger partial charge in [0, 0.05) is 6.04 Å². The molecule has 2 rings (SSSR count). The second-order valence-corrected chi connectivity index (χ2v) is 5.45. The van der Waals surface area contributed by atoms with Crippen molar-refractivity contribution >= 4 is 0 Å². The van der Waals surface area contributed by atoms with Crippen molar-refractivity contribution in [1.29, 1.82) is 0 Å². The monoisotopic (exact) mass is 299 g/mol. The van der Waals surface area contributed by atoms with Gasteiger partial charge in [0.2, 0.25) is 0 Å². The summed E-state index contributed by atoms with van der Waals surface area (Å²) in [5.74, 6) is 1.82. The molecule has 1 atom stereocenters. The summed E-state index contributed by atoms with van der Waals surface area (Å²) in [6.45, 7) is 4.73. The van der Waals surface area contributed by atoms with Crippen molar-refractivity contribution in [3.05, 3.63) is 59.2 Å². The van der Waals surface area contributed by atoms with E-state index in [9.17, 15) is 0 Å². The number of benzene rings is 2. The van der Waals surface area contributed by atoms with Crippen LogP contribution < -0.4 is 15.2 Å². The second-order valence-electron chi connectivity index (χ2n) is 5.45. The average Bonchev–Trinajstić information content (AvgIpc) is 2.54. The van der Waals surface area contributed by atoms with Crippen molar-refractivity contribution in [2.75, 3.05) is 13.7 Å². The van der Waals surface area contributed by atoms with Crippen LogP contribution in [0.3, 0.4) is 0 Å². The summed E-state index contributed by atoms with van der Waals surface area (Å²) in [5.41, 5.74) is 9.88. The Labute approximate surface area is 133 Å². The fourth-order valence-corrected chi connectivity index (χ4v) is 2.54. The number of methoxy groups -OCH3 is 1. The van der Waals surface area contributed by atoms with Crippen LogP contribution in [0.5, 0.6) is 11.5 Å². The molecule has 3 heteroatoms. The molecule has 3 nitrogen and oxygen atoms in total. The highest BCUT2D eigenvalue weighted by Gasteiger charge is 2.08. The number of nitrogens with two attached hydrogens (primary N) is 1. The summed E-state index contributed by atoms with van der Waals surface area (Å²) in [4.78, 5) is 0. The topological polar surface area (TPSA) is 44.5 Å². The standard InChI is InChI=1S/C19H25NO2/c1-4-22-17-9-5-15(6-10-17)7-11-18(20)16-8-12-19(21-3)14(2)13-16/h5-6,8-10,12-13,18H,4,7,11,20H2,1-3H3. The van der Waals surface area contributed by atoms with Crippen molar-refractivity contribution in [1.82, 2.24) is 0 Å². The van der Waals surface area contributed by atoms with Gasteiger partial charge in [0.05, 0.1) is 13.7 Å². The van der Waals surface area contributed by atoms with E-state index in [0.717, 1.165) is 35.5 Å². The van der Waals surface area contributed by atoms with Gasteiger partial charge >= 0.3 is 0 Å². The molecule has 0 radical (unpaired) electrons. The predicted octanol–water partition coefficient (Wildman–Crippen LogP) is 4.03. The third-order valence-corrected chi connectivity index (χ3v) is 3.83. The molecule has 0 aliphatic rings. The first-order valence-electron chi connectivity index (χ1n) is 7.76. The minimum Gasteiger partial charge on any atom is -0.496 e. The molecule has 22 heavy (non-hydrogen) atoms. The van der Waals surface area contributed by atoms with Gasteiger partial charge in [0.15, 0.2) is 0 Å². The van der Waals surface area contributed by atoms with Crippen molar-refractivity contribution in [3.8, 4) is 11.5 Å². The fourth-order valence-electron chi connectivity index (χ4n) is 2.54. The summed E-state index contributed by atoms with van der Waals surface area (Å²) in [7, 11) is 1.69. The first kappa shape index (κ1) is 16.4. The quantitative estimate of drug-likeness (QED) is 0.839. The molecular weight excluding hydrogens is 274 g/mol. The SMILES string of the molecule is CCOc1ccc(CCC(N)c2ccc(OC)c(C)c2)cc1. The van der Waals surface area contributed by atoms with Crippen LogP contribution in [0, 0.1) is 6.92 Å². The molecular formula is C19H25NO2. The van der Waals surface area contributed by atoms with Crippen molar-refractivity contribution in [2.45, 2.75) is 32.7 Å². The van der Waals surface area contributed by atoms with E-state index >= 15 is 0 Å². The van der Waals surface area contributed by atoms with E-state index in [-0.39, 0.29) is 6.04 Å². The molecule has 0 heterocycles. The highest BCUT2D eigenvalue weighted by Crippen LogP contribution is 2.24. The molecule has 0 saturated carbocycles. The molecule has 0 aliphatic carbocycles. The Morgan fingerprint density at radius 2 is 1.82 bits per heavy atom. The van der Waals surface area contributed by atoms with Crippen molar-refractivity contribution < 1.29 is 9.47 Å². The second kappa shape index (κ2) is 7.85. The first-order chi connectivity index (χ1) is 10.6. The normalized spacial score (nSPS) is 12.0. The van der Waals surface area contributed by atoms with Crippen LogP contribution in [-0.2, 0) is 6.42 Å². The number of hydrogen-bond acceptors (Lipinski definition) is 3. The molecule has 2 aromatic rings. The fraction of sp³-hybridized carbons (Fsp3) is 0.368. The van der Waals surface area contributed by atoms with Gasteiger partial charge in [-0.05, 0) is 61.6 Å². The van der Waals surface area contributed by atoms with Gasteiger partial charge in [-0.15, -0.1) is 0 Å². The van der Waals surface area contributed by atoms with E-state index in [1.807, 2.05) is 32.0 Å². The molecule has 0 spiro atoms. The van der Waals surface area contributed by atoms with Gasteiger partial charge in [0.1, 0.15) is 11.5 Å². The Morgan fingerprint density at radius 1 is 1.09 bits per heavy atom. The smallest absolute Gasteiger partial charge is 0.121 e. The third kappa shape index (κ3) is 4.25. The van der Waals surface area contributed by atoms with Crippen LogP contribution in [0.1, 0.15) is 36.1 Å². The summed E-state index contributed by atoms with van der Waals surface area (Å²) in [5, 5.41) is 0. The number of rotatable bonds is 7. The highest BCUT2D eigenvalue weighted by molar-refractivity contribution is 5.37. The minimum absolute atomic E-state index is 0.0381. The molecule has 0 aromatic heterocycles. The average molecular weight is 299 g/mol. The third-order valence-electron chi connectivity index (χ3n) is 3.83. The summed E-state index contributed by atoms with van der Waals surface area (Å²) in [6.07, 6.45) is 1.87. The minimum atomic E-state index is 0.0381. The predicted molar refractivity (Wildman–Crippen MR) is 90.6 cm³/mol. The molecule has 0 bridgehead atoms. The van der Waals surface area contributed by atoms with E-state index < -0.39 is 0 Å². The zero-order chi connectivity index (χ0) is 15.9. The van der Waals surface area contributed by atoms with Crippen LogP contribution in [0.25, 0.3) is 0 Å². The maximum Gasteiger partial charge on any atom is 0.121 e. The first-order valence-corrected chi connectivity index (χ1v) is 7.76. The van der Waals surface area contributed by atoms with Crippen LogP contribution >= 0.6 is 0 Å². The molecule has 118 valence electrons. The Hall–Kier alpha value is -2.00. The van der Waals surface area contributed by atoms with Crippen LogP contribution in [0.15, 0.2) is 42.5 Å². The molecule has 0 saturated heterocycles. The lowest BCUT2D eigenvalue weighted by Crippen LogP contribution is -2.11. The maximum absolute atomic E-state index is 6.32. The zero-order valence-corrected chi connectivity index (χ0v) is 13.6. The summed E-state index contributed by atoms with van der Waals surface area (Å²) >= 11 is 0. The van der Waals surface area contributed by atoms with Crippen LogP contribution in [0.2, 0.25) is 0 Å². The Balaban J connectivity index is 1.94. The van der Waals surface area contributed by atoms with Gasteiger partial charge in [0.25, 0.3) is 0 Å². The van der Waals surface area contributed by atoms with E-state index in [4.69, 9.17) is 15.2 Å². The Morgan fingerprint density at radius 3 is 2.41 bits per heavy atom. The van der Waals surface area contributed by atoms with Gasteiger partial charge in [-0.1, -0.05) is 24.3 Å². The van der Waals surface area contributed by atoms with Gasteiger partial charge in [-0.3, -0.25) is 0 Å². The lowest BCUT2D eigenvalue weighted by Gasteiger charge is -2.14. The van der Waals surface area contributed by atoms with Gasteiger partial charge in [-0.25, -0.2) is 0 Å². The molecule has 0 fully saturated rings. The Bertz CT molecular complexity index is 593. The van der Waals surface area contributed by atoms with E-state index in [0.29, 0.717) is 6.61 Å².